The van der Waals surface area contributed by atoms with Gasteiger partial charge in [0.2, 0.25) is 15.9 Å². The molecule has 1 amide bonds. The number of carbonyl (C=O) groups excluding carboxylic acids is 1. The first-order valence-electron chi connectivity index (χ1n) is 20.0. The number of aryl methyl sites for hydroxylation is 2. The second kappa shape index (κ2) is 15.6. The van der Waals surface area contributed by atoms with Gasteiger partial charge in [-0.25, -0.2) is 39.7 Å². The zero-order chi connectivity index (χ0) is 47.5. The van der Waals surface area contributed by atoms with E-state index in [-0.39, 0.29) is 67.4 Å². The summed E-state index contributed by atoms with van der Waals surface area (Å²) in [6.45, 7) is 0.525. The number of alkyl halides is 6. The smallest absolute Gasteiger partial charge is 0.293 e. The number of benzene rings is 3. The lowest BCUT2D eigenvalue weighted by atomic mass is 10.0. The normalized spacial score (nSPS) is 17.1. The minimum Gasteiger partial charge on any atom is -0.344 e. The largest absolute Gasteiger partial charge is 0.344 e. The van der Waals surface area contributed by atoms with Crippen molar-refractivity contribution in [2.24, 2.45) is 13.0 Å². The average molecular weight is 963 g/mol. The van der Waals surface area contributed by atoms with Crippen molar-refractivity contribution in [2.75, 3.05) is 11.0 Å². The maximum absolute atomic E-state index is 15.6. The van der Waals surface area contributed by atoms with Gasteiger partial charge in [-0.1, -0.05) is 17.7 Å². The molecule has 7 aromatic rings. The van der Waals surface area contributed by atoms with E-state index in [9.17, 15) is 39.6 Å². The van der Waals surface area contributed by atoms with Gasteiger partial charge in [0.25, 0.3) is 23.8 Å². The van der Waals surface area contributed by atoms with Crippen LogP contribution in [0.1, 0.15) is 65.8 Å². The van der Waals surface area contributed by atoms with E-state index >= 15 is 13.6 Å². The van der Waals surface area contributed by atoms with Gasteiger partial charge in [0.05, 0.1) is 50.5 Å². The number of nitrogens with zero attached hydrogens (tertiary/aromatic N) is 8. The van der Waals surface area contributed by atoms with Crippen LogP contribution >= 0.6 is 11.6 Å². The summed E-state index contributed by atoms with van der Waals surface area (Å²) in [6, 6.07) is 9.39. The standard InChI is InChI=1S/C42H35ClF8N10O4S/c1-18-9-27(54-60(18)17-41(2,48)49)20-5-6-23-28(13-20)53-39(61(40(23)63)30-8-7-26(43)33-35(30)58(3)56-38(33)57-66(4,64)65)29(12-19-10-21(44)14-22(45)11-19)52-31(62)16-59-36-32(34(55-59)37(46)47)24-15-25(24)42(36,50)51/h5-11,13-14,24-25,29,37H,12,15-17H2,1-4H3,(H,52,62)(H,56,57)/t24-,25+,29-/m0/s1. The number of sulfonamides is 1. The summed E-state index contributed by atoms with van der Waals surface area (Å²) in [5.41, 5.74) is -2.09. The van der Waals surface area contributed by atoms with Crippen LogP contribution in [-0.4, -0.2) is 65.4 Å². The summed E-state index contributed by atoms with van der Waals surface area (Å²) in [6.07, 6.45) is -2.93. The van der Waals surface area contributed by atoms with Crippen molar-refractivity contribution in [3.05, 3.63) is 116 Å². The molecule has 0 aliphatic heterocycles. The molecule has 3 aromatic carbocycles. The highest BCUT2D eigenvalue weighted by molar-refractivity contribution is 7.92. The molecule has 1 saturated carbocycles. The van der Waals surface area contributed by atoms with Crippen LogP contribution in [0.2, 0.25) is 5.02 Å². The van der Waals surface area contributed by atoms with Crippen LogP contribution in [0.5, 0.6) is 0 Å². The van der Waals surface area contributed by atoms with Crippen LogP contribution < -0.4 is 15.6 Å². The predicted octanol–water partition coefficient (Wildman–Crippen LogP) is 7.85. The van der Waals surface area contributed by atoms with E-state index in [2.05, 4.69) is 25.3 Å². The molecule has 14 nitrogen and oxygen atoms in total. The quantitative estimate of drug-likeness (QED) is 0.111. The molecular weight excluding hydrogens is 928 g/mol. The van der Waals surface area contributed by atoms with E-state index in [4.69, 9.17) is 16.6 Å². The Hall–Kier alpha value is -6.36. The molecule has 0 radical (unpaired) electrons. The van der Waals surface area contributed by atoms with Crippen molar-refractivity contribution < 1.29 is 48.3 Å². The Morgan fingerprint density at radius 2 is 1.73 bits per heavy atom. The van der Waals surface area contributed by atoms with Gasteiger partial charge < -0.3 is 5.32 Å². The van der Waals surface area contributed by atoms with Crippen LogP contribution in [0.25, 0.3) is 38.8 Å². The van der Waals surface area contributed by atoms with Crippen LogP contribution in [0.4, 0.5) is 40.9 Å². The van der Waals surface area contributed by atoms with E-state index in [1.165, 1.54) is 48.1 Å². The van der Waals surface area contributed by atoms with E-state index in [1.54, 1.807) is 6.92 Å². The summed E-state index contributed by atoms with van der Waals surface area (Å²) < 4.78 is 148. The average Bonchev–Trinajstić information content (AvgIpc) is 3.54. The molecule has 4 aromatic heterocycles. The number of fused-ring (bicyclic) bond motifs is 5. The van der Waals surface area contributed by atoms with E-state index < -0.39 is 100 Å². The number of anilines is 1. The molecule has 2 aliphatic carbocycles. The van der Waals surface area contributed by atoms with Crippen LogP contribution in [0.15, 0.2) is 59.4 Å². The molecule has 2 aliphatic rings. The molecule has 0 bridgehead atoms. The fourth-order valence-corrected chi connectivity index (χ4v) is 9.55. The van der Waals surface area contributed by atoms with Gasteiger partial charge in [-0.2, -0.15) is 24.1 Å². The Labute approximate surface area is 373 Å². The Balaban J connectivity index is 1.25. The first-order valence-corrected chi connectivity index (χ1v) is 22.3. The van der Waals surface area contributed by atoms with Crippen LogP contribution in [0.3, 0.4) is 0 Å². The lowest BCUT2D eigenvalue weighted by Gasteiger charge is -2.24. The lowest BCUT2D eigenvalue weighted by Crippen LogP contribution is -2.38. The second-order valence-corrected chi connectivity index (χ2v) is 18.8. The van der Waals surface area contributed by atoms with Gasteiger partial charge in [-0.15, -0.1) is 0 Å². The molecule has 24 heteroatoms. The zero-order valence-corrected chi connectivity index (χ0v) is 36.4. The Kier molecular flexibility index (Phi) is 10.6. The highest BCUT2D eigenvalue weighted by atomic mass is 35.5. The van der Waals surface area contributed by atoms with Crippen molar-refractivity contribution >= 4 is 55.2 Å². The third-order valence-corrected chi connectivity index (χ3v) is 12.4. The van der Waals surface area contributed by atoms with Gasteiger partial charge in [0.1, 0.15) is 41.9 Å². The molecule has 4 heterocycles. The van der Waals surface area contributed by atoms with Crippen molar-refractivity contribution in [2.45, 2.75) is 70.0 Å². The minimum absolute atomic E-state index is 0.0130. The fourth-order valence-electron chi connectivity index (χ4n) is 8.81. The third kappa shape index (κ3) is 8.04. The summed E-state index contributed by atoms with van der Waals surface area (Å²) >= 11 is 6.62. The predicted molar refractivity (Wildman–Crippen MR) is 225 cm³/mol. The molecule has 0 saturated heterocycles. The van der Waals surface area contributed by atoms with Crippen LogP contribution in [-0.2, 0) is 47.3 Å². The lowest BCUT2D eigenvalue weighted by molar-refractivity contribution is -0.123. The number of hydrogen-bond acceptors (Lipinski definition) is 8. The number of carbonyl (C=O) groups is 1. The van der Waals surface area contributed by atoms with Crippen LogP contribution in [0, 0.1) is 24.5 Å². The molecule has 0 spiro atoms. The minimum atomic E-state index is -3.96. The van der Waals surface area contributed by atoms with Crippen molar-refractivity contribution in [1.29, 1.82) is 0 Å². The summed E-state index contributed by atoms with van der Waals surface area (Å²) in [5.74, 6) is -12.5. The Morgan fingerprint density at radius 3 is 2.39 bits per heavy atom. The SMILES string of the molecule is Cc1cc(-c2ccc3c(=O)n(-c4ccc(Cl)c5c(NS(C)(=O)=O)nn(C)c45)c([C@H](Cc4cc(F)cc(F)c4)NC(=O)Cn4nc(C(F)F)c5c4C(F)(F)[C@@H]4C[C@H]54)nc3c2)nn1CC(C)(F)F. The van der Waals surface area contributed by atoms with Gasteiger partial charge >= 0.3 is 0 Å². The molecule has 1 fully saturated rings. The summed E-state index contributed by atoms with van der Waals surface area (Å²) in [5, 5.41) is 14.9. The number of aromatic nitrogens is 8. The first-order chi connectivity index (χ1) is 30.9. The molecular formula is C42H35ClF8N10O4S. The molecule has 9 rings (SSSR count). The van der Waals surface area contributed by atoms with Crippen molar-refractivity contribution in [3.63, 3.8) is 0 Å². The highest BCUT2D eigenvalue weighted by Crippen LogP contribution is 2.68. The molecule has 2 N–H and O–H groups in total. The number of nitrogens with one attached hydrogen (secondary N) is 2. The number of halogens is 9. The monoisotopic (exact) mass is 962 g/mol. The van der Waals surface area contributed by atoms with Crippen molar-refractivity contribution in [3.8, 4) is 16.9 Å². The van der Waals surface area contributed by atoms with Crippen molar-refractivity contribution in [1.82, 2.24) is 44.2 Å². The van der Waals surface area contributed by atoms with E-state index in [1.807, 2.05) is 0 Å². The number of hydrogen-bond donors (Lipinski definition) is 2. The van der Waals surface area contributed by atoms with Gasteiger partial charge in [-0.05, 0) is 67.3 Å². The van der Waals surface area contributed by atoms with E-state index in [0.717, 1.165) is 34.6 Å². The van der Waals surface area contributed by atoms with Gasteiger partial charge in [-0.3, -0.25) is 32.9 Å². The topological polar surface area (TPSA) is 164 Å². The third-order valence-electron chi connectivity index (χ3n) is 11.5. The summed E-state index contributed by atoms with van der Waals surface area (Å²) in [7, 11) is -2.54. The molecule has 66 heavy (non-hydrogen) atoms. The molecule has 346 valence electrons. The van der Waals surface area contributed by atoms with Gasteiger partial charge in [0.15, 0.2) is 5.82 Å². The highest BCUT2D eigenvalue weighted by Gasteiger charge is 2.67. The zero-order valence-electron chi connectivity index (χ0n) is 34.9. The maximum Gasteiger partial charge on any atom is 0.293 e. The Bertz CT molecular complexity index is 3330. The number of amides is 1. The number of rotatable bonds is 13. The first kappa shape index (κ1) is 44.8. The molecule has 3 atom stereocenters. The van der Waals surface area contributed by atoms with E-state index in [0.29, 0.717) is 22.0 Å². The molecule has 0 unspecified atom stereocenters. The second-order valence-electron chi connectivity index (χ2n) is 16.7. The fraction of sp³-hybridized carbons (Fsp3) is 0.333. The summed E-state index contributed by atoms with van der Waals surface area (Å²) in [4.78, 5) is 34.1. The Morgan fingerprint density at radius 1 is 1.02 bits per heavy atom. The maximum atomic E-state index is 15.6. The van der Waals surface area contributed by atoms with Gasteiger partial charge in [0, 0.05) is 49.2 Å².